The quantitative estimate of drug-likeness (QED) is 0.675. The minimum absolute atomic E-state index is 0.165. The number of aryl methyl sites for hydroxylation is 3. The number of rotatable bonds is 5. The molecule has 0 spiro atoms. The van der Waals surface area contributed by atoms with Gasteiger partial charge in [-0.3, -0.25) is 4.79 Å². The lowest BCUT2D eigenvalue weighted by Gasteiger charge is -2.05. The Hall–Kier alpha value is -3.32. The normalized spacial score (nSPS) is 11.0. The van der Waals surface area contributed by atoms with Crippen LogP contribution in [0.5, 0.6) is 0 Å². The summed E-state index contributed by atoms with van der Waals surface area (Å²) in [6.07, 6.45) is 5.81. The van der Waals surface area contributed by atoms with Crippen molar-refractivity contribution in [3.8, 4) is 6.07 Å². The number of para-hydroxylation sites is 1. The molecule has 0 atom stereocenters. The molecule has 0 saturated carbocycles. The average molecular weight is 343 g/mol. The zero-order valence-corrected chi connectivity index (χ0v) is 15.0. The maximum absolute atomic E-state index is 12.2. The molecule has 0 aliphatic heterocycles. The van der Waals surface area contributed by atoms with Crippen molar-refractivity contribution in [3.63, 3.8) is 0 Å². The average Bonchev–Trinajstić information content (AvgIpc) is 2.99. The molecule has 1 N–H and O–H groups in total. The lowest BCUT2D eigenvalue weighted by atomic mass is 10.1. The summed E-state index contributed by atoms with van der Waals surface area (Å²) in [6, 6.07) is 16.0. The van der Waals surface area contributed by atoms with Crippen molar-refractivity contribution in [1.82, 2.24) is 4.57 Å². The Bertz CT molecular complexity index is 1020. The van der Waals surface area contributed by atoms with E-state index < -0.39 is 0 Å². The third-order valence-corrected chi connectivity index (χ3v) is 4.47. The molecule has 0 radical (unpaired) electrons. The van der Waals surface area contributed by atoms with Gasteiger partial charge in [0, 0.05) is 41.0 Å². The molecule has 0 aliphatic rings. The minimum Gasteiger partial charge on any atom is -0.346 e. The highest BCUT2D eigenvalue weighted by atomic mass is 16.1. The van der Waals surface area contributed by atoms with Gasteiger partial charge >= 0.3 is 0 Å². The number of nitrogens with one attached hydrogen (secondary N) is 1. The van der Waals surface area contributed by atoms with Gasteiger partial charge in [0.05, 0.1) is 12.5 Å². The van der Waals surface area contributed by atoms with Crippen molar-refractivity contribution >= 4 is 28.6 Å². The second kappa shape index (κ2) is 7.71. The van der Waals surface area contributed by atoms with E-state index in [1.54, 1.807) is 6.08 Å². The molecule has 26 heavy (non-hydrogen) atoms. The third kappa shape index (κ3) is 3.84. The van der Waals surface area contributed by atoms with Crippen LogP contribution in [-0.4, -0.2) is 10.5 Å². The first-order valence-electron chi connectivity index (χ1n) is 8.59. The molecule has 0 aliphatic carbocycles. The summed E-state index contributed by atoms with van der Waals surface area (Å²) < 4.78 is 2.06. The molecule has 1 amide bonds. The third-order valence-electron chi connectivity index (χ3n) is 4.47. The second-order valence-corrected chi connectivity index (χ2v) is 6.32. The van der Waals surface area contributed by atoms with Gasteiger partial charge in [-0.25, -0.2) is 0 Å². The van der Waals surface area contributed by atoms with Crippen molar-refractivity contribution in [2.45, 2.75) is 26.8 Å². The molecule has 4 heteroatoms. The number of hydrogen-bond acceptors (Lipinski definition) is 2. The molecule has 0 unspecified atom stereocenters. The molecule has 0 bridgehead atoms. The number of nitriles is 1. The van der Waals surface area contributed by atoms with Crippen LogP contribution in [0.1, 0.15) is 23.1 Å². The Balaban J connectivity index is 1.80. The van der Waals surface area contributed by atoms with Gasteiger partial charge < -0.3 is 9.88 Å². The Morgan fingerprint density at radius 3 is 2.77 bits per heavy atom. The summed E-state index contributed by atoms with van der Waals surface area (Å²) in [6.45, 7) is 4.71. The number of aromatic nitrogens is 1. The number of fused-ring (bicyclic) bond motifs is 1. The summed E-state index contributed by atoms with van der Waals surface area (Å²) in [4.78, 5) is 12.2. The van der Waals surface area contributed by atoms with E-state index in [0.29, 0.717) is 13.0 Å². The van der Waals surface area contributed by atoms with Crippen LogP contribution in [0.2, 0.25) is 0 Å². The standard InChI is InChI=1S/C22H21N3O/c1-16-8-10-19(14-17(16)2)24-22(26)11-9-18-15-25(13-5-12-23)21-7-4-3-6-20(18)21/h3-4,6-11,14-15H,5,13H2,1-2H3,(H,24,26)/b11-9+. The lowest BCUT2D eigenvalue weighted by Crippen LogP contribution is -2.07. The molecule has 4 nitrogen and oxygen atoms in total. The van der Waals surface area contributed by atoms with E-state index in [1.165, 1.54) is 5.56 Å². The Morgan fingerprint density at radius 2 is 2.00 bits per heavy atom. The Morgan fingerprint density at radius 1 is 1.19 bits per heavy atom. The zero-order valence-electron chi connectivity index (χ0n) is 15.0. The van der Waals surface area contributed by atoms with Crippen LogP contribution < -0.4 is 5.32 Å². The van der Waals surface area contributed by atoms with Crippen LogP contribution >= 0.6 is 0 Å². The van der Waals surface area contributed by atoms with Crippen LogP contribution in [0, 0.1) is 25.2 Å². The number of carbonyl (C=O) groups excluding carboxylic acids is 1. The number of carbonyl (C=O) groups is 1. The molecule has 1 heterocycles. The molecule has 130 valence electrons. The van der Waals surface area contributed by atoms with E-state index in [9.17, 15) is 4.79 Å². The summed E-state index contributed by atoms with van der Waals surface area (Å²) in [5, 5.41) is 12.8. The van der Waals surface area contributed by atoms with Crippen molar-refractivity contribution in [2.75, 3.05) is 5.32 Å². The van der Waals surface area contributed by atoms with E-state index in [-0.39, 0.29) is 5.91 Å². The maximum atomic E-state index is 12.2. The molecule has 0 saturated heterocycles. The summed E-state index contributed by atoms with van der Waals surface area (Å²) >= 11 is 0. The van der Waals surface area contributed by atoms with Gasteiger partial charge in [-0.15, -0.1) is 0 Å². The van der Waals surface area contributed by atoms with Crippen molar-refractivity contribution in [3.05, 3.63) is 71.4 Å². The minimum atomic E-state index is -0.165. The fourth-order valence-corrected chi connectivity index (χ4v) is 2.93. The highest BCUT2D eigenvalue weighted by molar-refractivity contribution is 6.03. The van der Waals surface area contributed by atoms with Crippen LogP contribution in [0.25, 0.3) is 17.0 Å². The van der Waals surface area contributed by atoms with Gasteiger partial charge in [0.1, 0.15) is 0 Å². The predicted molar refractivity (Wildman–Crippen MR) is 106 cm³/mol. The van der Waals surface area contributed by atoms with Crippen LogP contribution in [0.15, 0.2) is 54.7 Å². The van der Waals surface area contributed by atoms with Gasteiger partial charge in [-0.1, -0.05) is 24.3 Å². The first kappa shape index (κ1) is 17.5. The molecular formula is C22H21N3O. The maximum Gasteiger partial charge on any atom is 0.248 e. The fourth-order valence-electron chi connectivity index (χ4n) is 2.93. The van der Waals surface area contributed by atoms with E-state index in [4.69, 9.17) is 5.26 Å². The number of amides is 1. The lowest BCUT2D eigenvalue weighted by molar-refractivity contribution is -0.111. The highest BCUT2D eigenvalue weighted by Gasteiger charge is 2.06. The molecule has 3 rings (SSSR count). The monoisotopic (exact) mass is 343 g/mol. The predicted octanol–water partition coefficient (Wildman–Crippen LogP) is 4.82. The smallest absolute Gasteiger partial charge is 0.248 e. The first-order chi connectivity index (χ1) is 12.6. The topological polar surface area (TPSA) is 57.8 Å². The van der Waals surface area contributed by atoms with Crippen LogP contribution in [0.3, 0.4) is 0 Å². The summed E-state index contributed by atoms with van der Waals surface area (Å²) in [7, 11) is 0. The largest absolute Gasteiger partial charge is 0.346 e. The van der Waals surface area contributed by atoms with Crippen molar-refractivity contribution < 1.29 is 4.79 Å². The van der Waals surface area contributed by atoms with E-state index >= 15 is 0 Å². The Kier molecular flexibility index (Phi) is 5.19. The van der Waals surface area contributed by atoms with E-state index in [0.717, 1.165) is 27.7 Å². The van der Waals surface area contributed by atoms with Gasteiger partial charge in [0.25, 0.3) is 0 Å². The van der Waals surface area contributed by atoms with Gasteiger partial charge in [-0.05, 0) is 49.2 Å². The Labute approximate surface area is 153 Å². The fraction of sp³-hybridized carbons (Fsp3) is 0.182. The molecule has 2 aromatic carbocycles. The van der Waals surface area contributed by atoms with Crippen LogP contribution in [0.4, 0.5) is 5.69 Å². The first-order valence-corrected chi connectivity index (χ1v) is 8.59. The van der Waals surface area contributed by atoms with Gasteiger partial charge in [-0.2, -0.15) is 5.26 Å². The number of nitrogens with zero attached hydrogens (tertiary/aromatic N) is 2. The zero-order chi connectivity index (χ0) is 18.5. The number of hydrogen-bond donors (Lipinski definition) is 1. The van der Waals surface area contributed by atoms with E-state index in [1.807, 2.05) is 68.6 Å². The number of anilines is 1. The molecule has 0 fully saturated rings. The van der Waals surface area contributed by atoms with Crippen molar-refractivity contribution in [1.29, 1.82) is 5.26 Å². The van der Waals surface area contributed by atoms with Crippen LogP contribution in [-0.2, 0) is 11.3 Å². The summed E-state index contributed by atoms with van der Waals surface area (Å²) in [5.41, 5.74) is 5.17. The van der Waals surface area contributed by atoms with Gasteiger partial charge in [0.15, 0.2) is 0 Å². The molecular weight excluding hydrogens is 322 g/mol. The molecule has 3 aromatic rings. The summed E-state index contributed by atoms with van der Waals surface area (Å²) in [5.74, 6) is -0.165. The number of benzene rings is 2. The SMILES string of the molecule is Cc1ccc(NC(=O)/C=C/c2cn(CCC#N)c3ccccc23)cc1C. The van der Waals surface area contributed by atoms with Gasteiger partial charge in [0.2, 0.25) is 5.91 Å². The second-order valence-electron chi connectivity index (χ2n) is 6.32. The highest BCUT2D eigenvalue weighted by Crippen LogP contribution is 2.23. The van der Waals surface area contributed by atoms with Crippen molar-refractivity contribution in [2.24, 2.45) is 0 Å². The molecule has 1 aromatic heterocycles. The van der Waals surface area contributed by atoms with E-state index in [2.05, 4.69) is 16.0 Å².